The van der Waals surface area contributed by atoms with Gasteiger partial charge in [0.2, 0.25) is 0 Å². The number of aromatic nitrogens is 1. The molecule has 0 bridgehead atoms. The Morgan fingerprint density at radius 2 is 1.88 bits per heavy atom. The predicted octanol–water partition coefficient (Wildman–Crippen LogP) is 3.89. The third kappa shape index (κ3) is 2.93. The summed E-state index contributed by atoms with van der Waals surface area (Å²) in [7, 11) is 1.98. The van der Waals surface area contributed by atoms with Crippen LogP contribution < -0.4 is 16.0 Å². The summed E-state index contributed by atoms with van der Waals surface area (Å²) in [6.07, 6.45) is 3.23. The fourth-order valence-corrected chi connectivity index (χ4v) is 3.84. The number of hydrogen-bond donors (Lipinski definition) is 3. The number of pyridine rings is 1. The van der Waals surface area contributed by atoms with Crippen LogP contribution in [-0.2, 0) is 0 Å². The van der Waals surface area contributed by atoms with Gasteiger partial charge in [-0.15, -0.1) is 0 Å². The van der Waals surface area contributed by atoms with Gasteiger partial charge < -0.3 is 16.0 Å². The van der Waals surface area contributed by atoms with Gasteiger partial charge in [0.25, 0.3) is 0 Å². The van der Waals surface area contributed by atoms with Crippen LogP contribution in [0.3, 0.4) is 0 Å². The minimum Gasteiger partial charge on any atom is -0.366 e. The molecule has 1 aromatic heterocycles. The van der Waals surface area contributed by atoms with Gasteiger partial charge in [0, 0.05) is 30.1 Å². The molecule has 0 radical (unpaired) electrons. The summed E-state index contributed by atoms with van der Waals surface area (Å²) in [4.78, 5) is 4.49. The molecule has 1 aliphatic heterocycles. The molecule has 4 nitrogen and oxygen atoms in total. The highest BCUT2D eigenvalue weighted by Gasteiger charge is 2.37. The molecule has 2 heterocycles. The Balaban J connectivity index is 1.58. The van der Waals surface area contributed by atoms with Crippen LogP contribution in [0.5, 0.6) is 0 Å². The van der Waals surface area contributed by atoms with E-state index in [0.29, 0.717) is 29.9 Å². The van der Waals surface area contributed by atoms with E-state index in [2.05, 4.69) is 20.9 Å². The summed E-state index contributed by atoms with van der Waals surface area (Å²) in [5.41, 5.74) is 1.01. The number of fused-ring (bicyclic) bond motifs is 3. The average molecular weight is 348 g/mol. The summed E-state index contributed by atoms with van der Waals surface area (Å²) in [6, 6.07) is 5.90. The second-order valence-electron chi connectivity index (χ2n) is 6.66. The minimum absolute atomic E-state index is 0.142. The number of nitrogens with zero attached hydrogens (tertiary/aromatic N) is 1. The lowest BCUT2D eigenvalue weighted by atomic mass is 9.80. The van der Waals surface area contributed by atoms with Gasteiger partial charge >= 0.3 is 0 Å². The van der Waals surface area contributed by atoms with Crippen molar-refractivity contribution in [1.82, 2.24) is 10.3 Å². The molecule has 25 heavy (non-hydrogen) atoms. The summed E-state index contributed by atoms with van der Waals surface area (Å²) < 4.78 is 40.2. The van der Waals surface area contributed by atoms with Crippen LogP contribution in [0.25, 0.3) is 0 Å². The first-order valence-corrected chi connectivity index (χ1v) is 8.41. The Labute approximate surface area is 143 Å². The van der Waals surface area contributed by atoms with Gasteiger partial charge in [-0.1, -0.05) is 6.07 Å². The summed E-state index contributed by atoms with van der Waals surface area (Å²) in [6.45, 7) is 0. The van der Waals surface area contributed by atoms with Gasteiger partial charge in [-0.25, -0.2) is 18.2 Å². The topological polar surface area (TPSA) is 49.0 Å². The second kappa shape index (κ2) is 6.22. The number of rotatable bonds is 3. The molecule has 0 amide bonds. The van der Waals surface area contributed by atoms with Crippen LogP contribution in [0.4, 0.5) is 30.5 Å². The highest BCUT2D eigenvalue weighted by molar-refractivity contribution is 5.63. The normalized spacial score (nSPS) is 24.4. The number of hydrogen-bond acceptors (Lipinski definition) is 4. The Morgan fingerprint density at radius 3 is 2.68 bits per heavy atom. The van der Waals surface area contributed by atoms with Gasteiger partial charge in [0.1, 0.15) is 17.5 Å². The molecule has 0 spiro atoms. The highest BCUT2D eigenvalue weighted by Crippen LogP contribution is 2.43. The predicted molar refractivity (Wildman–Crippen MR) is 90.7 cm³/mol. The first-order valence-electron chi connectivity index (χ1n) is 8.41. The molecule has 3 atom stereocenters. The van der Waals surface area contributed by atoms with E-state index in [0.717, 1.165) is 36.7 Å². The lowest BCUT2D eigenvalue weighted by molar-refractivity contribution is 0.342. The molecule has 1 aromatic carbocycles. The third-order valence-corrected chi connectivity index (χ3v) is 5.18. The van der Waals surface area contributed by atoms with Crippen molar-refractivity contribution < 1.29 is 13.2 Å². The van der Waals surface area contributed by atoms with Crippen LogP contribution >= 0.6 is 0 Å². The third-order valence-electron chi connectivity index (χ3n) is 5.18. The molecule has 3 unspecified atom stereocenters. The lowest BCUT2D eigenvalue weighted by Crippen LogP contribution is -2.37. The van der Waals surface area contributed by atoms with Crippen molar-refractivity contribution in [2.24, 2.45) is 0 Å². The van der Waals surface area contributed by atoms with Gasteiger partial charge in [0.05, 0.1) is 5.69 Å². The van der Waals surface area contributed by atoms with E-state index in [1.807, 2.05) is 13.1 Å². The van der Waals surface area contributed by atoms with Crippen molar-refractivity contribution in [3.05, 3.63) is 47.3 Å². The van der Waals surface area contributed by atoms with E-state index < -0.39 is 17.5 Å². The van der Waals surface area contributed by atoms with E-state index in [9.17, 15) is 13.2 Å². The molecular formula is C18H19F3N4. The van der Waals surface area contributed by atoms with E-state index in [-0.39, 0.29) is 5.69 Å². The van der Waals surface area contributed by atoms with Gasteiger partial charge in [-0.05, 0) is 37.9 Å². The SMILES string of the molecule is CNC1CCC2Nc3nc(Nc4cc(F)c(F)cc4F)ccc3C2C1. The van der Waals surface area contributed by atoms with Crippen molar-refractivity contribution >= 4 is 17.3 Å². The standard InChI is InChI=1S/C18H19F3N4/c1-22-9-2-4-15-11(6-9)10-3-5-17(25-18(10)24-15)23-16-8-13(20)12(19)7-14(16)21/h3,5,7-9,11,15,22H,2,4,6H2,1H3,(H2,23,24,25). The molecular weight excluding hydrogens is 329 g/mol. The molecule has 2 aromatic rings. The summed E-state index contributed by atoms with van der Waals surface area (Å²) in [5, 5.41) is 9.50. The number of benzene rings is 1. The van der Waals surface area contributed by atoms with Crippen molar-refractivity contribution in [2.45, 2.75) is 37.3 Å². The van der Waals surface area contributed by atoms with Crippen molar-refractivity contribution in [3.8, 4) is 0 Å². The molecule has 1 fully saturated rings. The van der Waals surface area contributed by atoms with Gasteiger partial charge in [-0.2, -0.15) is 0 Å². The maximum atomic E-state index is 13.8. The Hall–Kier alpha value is -2.28. The maximum absolute atomic E-state index is 13.8. The highest BCUT2D eigenvalue weighted by atomic mass is 19.2. The first kappa shape index (κ1) is 16.2. The zero-order valence-electron chi connectivity index (χ0n) is 13.7. The first-order chi connectivity index (χ1) is 12.0. The number of anilines is 3. The van der Waals surface area contributed by atoms with Crippen LogP contribution in [-0.4, -0.2) is 24.1 Å². The number of halogens is 3. The van der Waals surface area contributed by atoms with Crippen molar-refractivity contribution in [3.63, 3.8) is 0 Å². The van der Waals surface area contributed by atoms with Crippen LogP contribution in [0.2, 0.25) is 0 Å². The monoisotopic (exact) mass is 348 g/mol. The smallest absolute Gasteiger partial charge is 0.161 e. The largest absolute Gasteiger partial charge is 0.366 e. The van der Waals surface area contributed by atoms with E-state index >= 15 is 0 Å². The Bertz CT molecular complexity index is 811. The van der Waals surface area contributed by atoms with E-state index in [4.69, 9.17) is 0 Å². The van der Waals surface area contributed by atoms with Crippen LogP contribution in [0.1, 0.15) is 30.7 Å². The van der Waals surface area contributed by atoms with Gasteiger partial charge in [-0.3, -0.25) is 0 Å². The molecule has 1 aliphatic carbocycles. The van der Waals surface area contributed by atoms with Crippen molar-refractivity contribution in [2.75, 3.05) is 17.7 Å². The Kier molecular flexibility index (Phi) is 4.03. The Morgan fingerprint density at radius 1 is 1.08 bits per heavy atom. The number of nitrogens with one attached hydrogen (secondary N) is 3. The average Bonchev–Trinajstić information content (AvgIpc) is 2.96. The molecule has 2 aliphatic rings. The van der Waals surface area contributed by atoms with E-state index in [1.54, 1.807) is 6.07 Å². The molecule has 4 rings (SSSR count). The second-order valence-corrected chi connectivity index (χ2v) is 6.66. The zero-order valence-corrected chi connectivity index (χ0v) is 13.7. The maximum Gasteiger partial charge on any atom is 0.161 e. The van der Waals surface area contributed by atoms with Crippen LogP contribution in [0, 0.1) is 17.5 Å². The van der Waals surface area contributed by atoms with Crippen LogP contribution in [0.15, 0.2) is 24.3 Å². The fourth-order valence-electron chi connectivity index (χ4n) is 3.84. The summed E-state index contributed by atoms with van der Waals surface area (Å²) >= 11 is 0. The quantitative estimate of drug-likeness (QED) is 0.737. The molecule has 3 N–H and O–H groups in total. The minimum atomic E-state index is -1.21. The zero-order chi connectivity index (χ0) is 17.6. The molecule has 7 heteroatoms. The van der Waals surface area contributed by atoms with E-state index in [1.165, 1.54) is 0 Å². The summed E-state index contributed by atoms with van der Waals surface area (Å²) in [5.74, 6) is -1.61. The van der Waals surface area contributed by atoms with Gasteiger partial charge in [0.15, 0.2) is 11.6 Å². The molecule has 0 saturated heterocycles. The van der Waals surface area contributed by atoms with Crippen molar-refractivity contribution in [1.29, 1.82) is 0 Å². The fraction of sp³-hybridized carbons (Fsp3) is 0.389. The molecule has 132 valence electrons. The lowest BCUT2D eigenvalue weighted by Gasteiger charge is -2.31. The molecule has 1 saturated carbocycles.